The van der Waals surface area contributed by atoms with E-state index >= 15 is 0 Å². The molecule has 0 atom stereocenters. The number of carbonyl (C=O) groups is 1. The van der Waals surface area contributed by atoms with Crippen molar-refractivity contribution >= 4 is 5.91 Å². The molecule has 5 nitrogen and oxygen atoms in total. The van der Waals surface area contributed by atoms with E-state index in [0.29, 0.717) is 12.5 Å². The largest absolute Gasteiger partial charge is 0.393 e. The molecule has 0 unspecified atom stereocenters. The second-order valence-corrected chi connectivity index (χ2v) is 5.50. The van der Waals surface area contributed by atoms with Crippen molar-refractivity contribution in [1.29, 1.82) is 0 Å². The molecule has 104 valence electrons. The van der Waals surface area contributed by atoms with E-state index in [4.69, 9.17) is 0 Å². The molecule has 3 N–H and O–H groups in total. The van der Waals surface area contributed by atoms with E-state index in [1.165, 1.54) is 0 Å². The first-order valence-corrected chi connectivity index (χ1v) is 7.12. The summed E-state index contributed by atoms with van der Waals surface area (Å²) in [6, 6.07) is 0. The van der Waals surface area contributed by atoms with Crippen molar-refractivity contribution in [1.82, 2.24) is 15.5 Å². The third-order valence-electron chi connectivity index (χ3n) is 3.98. The number of hydrogen-bond donors (Lipinski definition) is 3. The van der Waals surface area contributed by atoms with Gasteiger partial charge in [-0.1, -0.05) is 0 Å². The smallest absolute Gasteiger partial charge is 0.234 e. The third-order valence-corrected chi connectivity index (χ3v) is 3.98. The van der Waals surface area contributed by atoms with Crippen LogP contribution in [0.5, 0.6) is 0 Å². The zero-order valence-electron chi connectivity index (χ0n) is 11.0. The maximum atomic E-state index is 11.8. The fraction of sp³-hybridized carbons (Fsp3) is 0.923. The van der Waals surface area contributed by atoms with Crippen LogP contribution in [-0.4, -0.2) is 61.3 Å². The molecule has 1 saturated heterocycles. The number of rotatable bonds is 4. The van der Waals surface area contributed by atoms with Gasteiger partial charge in [0, 0.05) is 32.7 Å². The first kappa shape index (κ1) is 13.8. The Kier molecular flexibility index (Phi) is 5.41. The van der Waals surface area contributed by atoms with Gasteiger partial charge in [0.15, 0.2) is 0 Å². The maximum absolute atomic E-state index is 11.8. The van der Waals surface area contributed by atoms with Crippen molar-refractivity contribution in [2.24, 2.45) is 5.92 Å². The topological polar surface area (TPSA) is 64.6 Å². The molecule has 1 aliphatic carbocycles. The van der Waals surface area contributed by atoms with Crippen molar-refractivity contribution in [3.8, 4) is 0 Å². The van der Waals surface area contributed by atoms with Gasteiger partial charge in [0.25, 0.3) is 0 Å². The van der Waals surface area contributed by atoms with Crippen LogP contribution in [0.2, 0.25) is 0 Å². The lowest BCUT2D eigenvalue weighted by molar-refractivity contribution is -0.122. The quantitative estimate of drug-likeness (QED) is 0.637. The lowest BCUT2D eigenvalue weighted by Crippen LogP contribution is -2.48. The van der Waals surface area contributed by atoms with Gasteiger partial charge in [-0.3, -0.25) is 9.69 Å². The van der Waals surface area contributed by atoms with Gasteiger partial charge in [-0.05, 0) is 31.6 Å². The predicted octanol–water partition coefficient (Wildman–Crippen LogP) is -0.441. The SMILES string of the molecule is O=C(CN1CCNCC1)NCC1CCC(O)CC1. The lowest BCUT2D eigenvalue weighted by Gasteiger charge is -2.28. The van der Waals surface area contributed by atoms with E-state index in [-0.39, 0.29) is 12.0 Å². The number of nitrogens with zero attached hydrogens (tertiary/aromatic N) is 1. The zero-order chi connectivity index (χ0) is 12.8. The third kappa shape index (κ3) is 4.55. The van der Waals surface area contributed by atoms with Crippen molar-refractivity contribution in [2.45, 2.75) is 31.8 Å². The first-order valence-electron chi connectivity index (χ1n) is 7.12. The molecule has 18 heavy (non-hydrogen) atoms. The molecule has 0 bridgehead atoms. The summed E-state index contributed by atoms with van der Waals surface area (Å²) in [6.45, 7) is 5.18. The molecule has 0 aromatic carbocycles. The van der Waals surface area contributed by atoms with E-state index in [1.54, 1.807) is 0 Å². The summed E-state index contributed by atoms with van der Waals surface area (Å²) in [6.07, 6.45) is 3.73. The van der Waals surface area contributed by atoms with E-state index in [2.05, 4.69) is 15.5 Å². The fourth-order valence-corrected chi connectivity index (χ4v) is 2.74. The highest BCUT2D eigenvalue weighted by Gasteiger charge is 2.20. The molecule has 5 heteroatoms. The van der Waals surface area contributed by atoms with Gasteiger partial charge < -0.3 is 15.7 Å². The standard InChI is InChI=1S/C13H25N3O2/c17-12-3-1-11(2-4-12)9-15-13(18)10-16-7-5-14-6-8-16/h11-12,14,17H,1-10H2,(H,15,18). The zero-order valence-corrected chi connectivity index (χ0v) is 11.0. The van der Waals surface area contributed by atoms with Crippen molar-refractivity contribution < 1.29 is 9.90 Å². The average molecular weight is 255 g/mol. The van der Waals surface area contributed by atoms with Gasteiger partial charge in [-0.25, -0.2) is 0 Å². The summed E-state index contributed by atoms with van der Waals surface area (Å²) in [5.74, 6) is 0.698. The molecule has 1 saturated carbocycles. The van der Waals surface area contributed by atoms with E-state index in [9.17, 15) is 9.90 Å². The van der Waals surface area contributed by atoms with Gasteiger partial charge in [-0.15, -0.1) is 0 Å². The number of carbonyl (C=O) groups excluding carboxylic acids is 1. The van der Waals surface area contributed by atoms with Crippen molar-refractivity contribution in [3.05, 3.63) is 0 Å². The van der Waals surface area contributed by atoms with Gasteiger partial charge in [0.1, 0.15) is 0 Å². The van der Waals surface area contributed by atoms with E-state index < -0.39 is 0 Å². The Morgan fingerprint density at radius 2 is 1.89 bits per heavy atom. The Morgan fingerprint density at radius 3 is 2.56 bits per heavy atom. The minimum Gasteiger partial charge on any atom is -0.393 e. The highest BCUT2D eigenvalue weighted by atomic mass is 16.3. The Bertz CT molecular complexity index is 259. The number of piperazine rings is 1. The summed E-state index contributed by atoms with van der Waals surface area (Å²) in [5.41, 5.74) is 0. The first-order chi connectivity index (χ1) is 8.74. The molecule has 1 aliphatic heterocycles. The summed E-state index contributed by atoms with van der Waals surface area (Å²) in [7, 11) is 0. The van der Waals surface area contributed by atoms with Crippen LogP contribution in [0.4, 0.5) is 0 Å². The highest BCUT2D eigenvalue weighted by Crippen LogP contribution is 2.23. The van der Waals surface area contributed by atoms with E-state index in [0.717, 1.165) is 58.4 Å². The highest BCUT2D eigenvalue weighted by molar-refractivity contribution is 5.78. The van der Waals surface area contributed by atoms with Crippen LogP contribution >= 0.6 is 0 Å². The Morgan fingerprint density at radius 1 is 1.22 bits per heavy atom. The number of amides is 1. The van der Waals surface area contributed by atoms with Gasteiger partial charge in [0.05, 0.1) is 12.6 Å². The molecule has 2 aliphatic rings. The summed E-state index contributed by atoms with van der Waals surface area (Å²) >= 11 is 0. The minimum atomic E-state index is -0.113. The van der Waals surface area contributed by atoms with Gasteiger partial charge in [0.2, 0.25) is 5.91 Å². The van der Waals surface area contributed by atoms with Gasteiger partial charge in [-0.2, -0.15) is 0 Å². The molecule has 1 heterocycles. The summed E-state index contributed by atoms with van der Waals surface area (Å²) in [4.78, 5) is 14.0. The number of nitrogens with one attached hydrogen (secondary N) is 2. The predicted molar refractivity (Wildman–Crippen MR) is 70.3 cm³/mol. The Balaban J connectivity index is 1.59. The molecule has 0 radical (unpaired) electrons. The second kappa shape index (κ2) is 7.07. The lowest BCUT2D eigenvalue weighted by atomic mass is 9.87. The molecule has 2 rings (SSSR count). The van der Waals surface area contributed by atoms with Crippen LogP contribution in [0, 0.1) is 5.92 Å². The monoisotopic (exact) mass is 255 g/mol. The number of aliphatic hydroxyl groups is 1. The maximum Gasteiger partial charge on any atom is 0.234 e. The van der Waals surface area contributed by atoms with Gasteiger partial charge >= 0.3 is 0 Å². The molecular formula is C13H25N3O2. The van der Waals surface area contributed by atoms with Crippen LogP contribution in [0.3, 0.4) is 0 Å². The Labute approximate surface area is 109 Å². The second-order valence-electron chi connectivity index (χ2n) is 5.50. The molecular weight excluding hydrogens is 230 g/mol. The normalized spacial score (nSPS) is 30.1. The molecule has 0 spiro atoms. The molecule has 0 aromatic rings. The number of aliphatic hydroxyl groups excluding tert-OH is 1. The van der Waals surface area contributed by atoms with E-state index in [1.807, 2.05) is 0 Å². The van der Waals surface area contributed by atoms with Crippen LogP contribution in [-0.2, 0) is 4.79 Å². The van der Waals surface area contributed by atoms with Crippen LogP contribution in [0.15, 0.2) is 0 Å². The summed E-state index contributed by atoms with van der Waals surface area (Å²) < 4.78 is 0. The minimum absolute atomic E-state index is 0.113. The molecule has 0 aromatic heterocycles. The molecule has 1 amide bonds. The van der Waals surface area contributed by atoms with Crippen molar-refractivity contribution in [3.63, 3.8) is 0 Å². The van der Waals surface area contributed by atoms with Crippen LogP contribution in [0.25, 0.3) is 0 Å². The summed E-state index contributed by atoms with van der Waals surface area (Å²) in [5, 5.41) is 15.7. The Hall–Kier alpha value is -0.650. The van der Waals surface area contributed by atoms with Crippen molar-refractivity contribution in [2.75, 3.05) is 39.3 Å². The molecule has 2 fully saturated rings. The van der Waals surface area contributed by atoms with Crippen LogP contribution in [0.1, 0.15) is 25.7 Å². The number of hydrogen-bond acceptors (Lipinski definition) is 4. The average Bonchev–Trinajstić information content (AvgIpc) is 2.39. The van der Waals surface area contributed by atoms with Crippen LogP contribution < -0.4 is 10.6 Å². The fourth-order valence-electron chi connectivity index (χ4n) is 2.74.